The molecule has 1 heterocycles. The van der Waals surface area contributed by atoms with E-state index >= 15 is 0 Å². The van der Waals surface area contributed by atoms with Crippen LogP contribution in [0.2, 0.25) is 0 Å². The highest BCUT2D eigenvalue weighted by Crippen LogP contribution is 2.23. The molecular weight excluding hydrogens is 398 g/mol. The fraction of sp³-hybridized carbons (Fsp3) is 0.263. The Labute approximate surface area is 169 Å². The fourth-order valence-corrected chi connectivity index (χ4v) is 3.72. The van der Waals surface area contributed by atoms with E-state index in [1.54, 1.807) is 49.1 Å². The number of nitrogens with zero attached hydrogens (tertiary/aromatic N) is 3. The van der Waals surface area contributed by atoms with Gasteiger partial charge in [0.05, 0.1) is 28.9 Å². The van der Waals surface area contributed by atoms with E-state index in [0.29, 0.717) is 34.2 Å². The summed E-state index contributed by atoms with van der Waals surface area (Å²) in [4.78, 5) is 27.5. The number of aromatic nitrogens is 1. The highest BCUT2D eigenvalue weighted by Gasteiger charge is 2.13. The van der Waals surface area contributed by atoms with Gasteiger partial charge >= 0.3 is 0 Å². The second-order valence-corrected chi connectivity index (χ2v) is 6.92. The lowest BCUT2D eigenvalue weighted by Crippen LogP contribution is -2.21. The number of nitro benzene ring substituents is 1. The van der Waals surface area contributed by atoms with Gasteiger partial charge in [-0.2, -0.15) is 4.99 Å². The van der Waals surface area contributed by atoms with Crippen molar-refractivity contribution in [2.24, 2.45) is 4.99 Å². The molecule has 9 nitrogen and oxygen atoms in total. The van der Waals surface area contributed by atoms with E-state index in [1.165, 1.54) is 23.5 Å². The van der Waals surface area contributed by atoms with Gasteiger partial charge in [-0.15, -0.1) is 0 Å². The topological polar surface area (TPSA) is 105 Å². The van der Waals surface area contributed by atoms with Gasteiger partial charge in [0, 0.05) is 25.8 Å². The molecule has 152 valence electrons. The Morgan fingerprint density at radius 3 is 2.55 bits per heavy atom. The van der Waals surface area contributed by atoms with Gasteiger partial charge in [-0.3, -0.25) is 14.9 Å². The number of rotatable bonds is 8. The van der Waals surface area contributed by atoms with Gasteiger partial charge in [-0.05, 0) is 30.3 Å². The second-order valence-electron chi connectivity index (χ2n) is 5.91. The lowest BCUT2D eigenvalue weighted by Gasteiger charge is -2.05. The Kier molecular flexibility index (Phi) is 6.57. The van der Waals surface area contributed by atoms with Gasteiger partial charge < -0.3 is 18.8 Å². The highest BCUT2D eigenvalue weighted by atomic mass is 32.1. The summed E-state index contributed by atoms with van der Waals surface area (Å²) in [5, 5.41) is 11.0. The smallest absolute Gasteiger partial charge is 0.286 e. The minimum atomic E-state index is -0.465. The molecule has 0 aliphatic heterocycles. The molecule has 0 N–H and O–H groups in total. The van der Waals surface area contributed by atoms with Gasteiger partial charge in [0.1, 0.15) is 11.5 Å². The molecule has 1 amide bonds. The molecule has 10 heteroatoms. The molecule has 0 aliphatic carbocycles. The third kappa shape index (κ3) is 4.98. The number of nitro groups is 1. The average molecular weight is 417 g/mol. The zero-order valence-corrected chi connectivity index (χ0v) is 16.7. The number of amides is 1. The Morgan fingerprint density at radius 2 is 1.90 bits per heavy atom. The first kappa shape index (κ1) is 20.5. The number of fused-ring (bicyclic) bond motifs is 1. The predicted octanol–water partition coefficient (Wildman–Crippen LogP) is 2.77. The molecule has 0 fully saturated rings. The Morgan fingerprint density at radius 1 is 1.17 bits per heavy atom. The van der Waals surface area contributed by atoms with Crippen molar-refractivity contribution in [1.29, 1.82) is 0 Å². The maximum absolute atomic E-state index is 12.3. The van der Waals surface area contributed by atoms with Crippen LogP contribution in [0.5, 0.6) is 11.5 Å². The largest absolute Gasteiger partial charge is 0.497 e. The second kappa shape index (κ2) is 9.30. The summed E-state index contributed by atoms with van der Waals surface area (Å²) in [6.07, 6.45) is 0. The number of non-ortho nitro benzene ring substituents is 1. The summed E-state index contributed by atoms with van der Waals surface area (Å²) >= 11 is 1.20. The molecule has 3 aromatic rings. The average Bonchev–Trinajstić information content (AvgIpc) is 3.07. The summed E-state index contributed by atoms with van der Waals surface area (Å²) in [5.41, 5.74) is 0.735. The van der Waals surface area contributed by atoms with Crippen LogP contribution in [0.4, 0.5) is 5.69 Å². The van der Waals surface area contributed by atoms with E-state index in [2.05, 4.69) is 4.99 Å². The monoisotopic (exact) mass is 417 g/mol. The summed E-state index contributed by atoms with van der Waals surface area (Å²) < 4.78 is 18.1. The van der Waals surface area contributed by atoms with Crippen LogP contribution in [0, 0.1) is 10.1 Å². The SMILES string of the molecule is COCCn1c(=NC(=O)COc2ccc(OC)cc2)sc2cc([N+](=O)[O-])ccc21. The van der Waals surface area contributed by atoms with Crippen molar-refractivity contribution in [1.82, 2.24) is 4.57 Å². The molecular formula is C19H19N3O6S. The number of hydrogen-bond donors (Lipinski definition) is 0. The maximum Gasteiger partial charge on any atom is 0.286 e. The first-order chi connectivity index (χ1) is 14.0. The number of hydrogen-bond acceptors (Lipinski definition) is 7. The van der Waals surface area contributed by atoms with Crippen LogP contribution < -0.4 is 14.3 Å². The minimum absolute atomic E-state index is 0.0154. The zero-order valence-electron chi connectivity index (χ0n) is 15.9. The van der Waals surface area contributed by atoms with Crippen molar-refractivity contribution >= 4 is 33.1 Å². The van der Waals surface area contributed by atoms with Crippen LogP contribution in [-0.4, -0.2) is 42.8 Å². The van der Waals surface area contributed by atoms with Crippen LogP contribution in [0.25, 0.3) is 10.2 Å². The van der Waals surface area contributed by atoms with Gasteiger partial charge in [0.2, 0.25) is 0 Å². The van der Waals surface area contributed by atoms with Crippen molar-refractivity contribution in [3.8, 4) is 11.5 Å². The molecule has 0 saturated heterocycles. The van der Waals surface area contributed by atoms with Gasteiger partial charge in [-0.1, -0.05) is 11.3 Å². The maximum atomic E-state index is 12.3. The number of ether oxygens (including phenoxy) is 3. The first-order valence-corrected chi connectivity index (χ1v) is 9.44. The summed E-state index contributed by atoms with van der Waals surface area (Å²) in [5.74, 6) is 0.744. The summed E-state index contributed by atoms with van der Waals surface area (Å²) in [7, 11) is 3.14. The molecule has 2 aromatic carbocycles. The molecule has 0 unspecified atom stereocenters. The zero-order chi connectivity index (χ0) is 20.8. The van der Waals surface area contributed by atoms with Gasteiger partial charge in [-0.25, -0.2) is 0 Å². The Balaban J connectivity index is 1.85. The van der Waals surface area contributed by atoms with Crippen molar-refractivity contribution in [3.63, 3.8) is 0 Å². The number of methoxy groups -OCH3 is 2. The molecule has 1 aromatic heterocycles. The van der Waals surface area contributed by atoms with E-state index < -0.39 is 10.8 Å². The number of carbonyl (C=O) groups excluding carboxylic acids is 1. The van der Waals surface area contributed by atoms with E-state index in [0.717, 1.165) is 5.52 Å². The van der Waals surface area contributed by atoms with Crippen LogP contribution in [0.15, 0.2) is 47.5 Å². The Hall–Kier alpha value is -3.24. The normalized spacial score (nSPS) is 11.6. The first-order valence-electron chi connectivity index (χ1n) is 8.63. The van der Waals surface area contributed by atoms with Crippen molar-refractivity contribution in [2.45, 2.75) is 6.54 Å². The standard InChI is InChI=1S/C19H19N3O6S/c1-26-10-9-21-16-8-3-13(22(24)25)11-17(16)29-19(21)20-18(23)12-28-15-6-4-14(27-2)5-7-15/h3-8,11H,9-10,12H2,1-2H3. The third-order valence-electron chi connectivity index (χ3n) is 4.04. The van der Waals surface area contributed by atoms with Crippen LogP contribution in [-0.2, 0) is 16.1 Å². The Bertz CT molecular complexity index is 1090. The lowest BCUT2D eigenvalue weighted by molar-refractivity contribution is -0.384. The predicted molar refractivity (Wildman–Crippen MR) is 107 cm³/mol. The summed E-state index contributed by atoms with van der Waals surface area (Å²) in [6.45, 7) is 0.636. The summed E-state index contributed by atoms with van der Waals surface area (Å²) in [6, 6.07) is 11.4. The van der Waals surface area contributed by atoms with Gasteiger partial charge in [0.25, 0.3) is 11.6 Å². The molecule has 0 bridgehead atoms. The molecule has 29 heavy (non-hydrogen) atoms. The van der Waals surface area contributed by atoms with Crippen LogP contribution >= 0.6 is 11.3 Å². The van der Waals surface area contributed by atoms with E-state index in [1.807, 2.05) is 0 Å². The highest BCUT2D eigenvalue weighted by molar-refractivity contribution is 7.16. The number of benzene rings is 2. The molecule has 0 atom stereocenters. The number of thiazole rings is 1. The quantitative estimate of drug-likeness (QED) is 0.412. The van der Waals surface area contributed by atoms with Gasteiger partial charge in [0.15, 0.2) is 11.4 Å². The van der Waals surface area contributed by atoms with E-state index in [9.17, 15) is 14.9 Å². The number of carbonyl (C=O) groups is 1. The molecule has 0 radical (unpaired) electrons. The third-order valence-corrected chi connectivity index (χ3v) is 5.08. The van der Waals surface area contributed by atoms with Crippen molar-refractivity contribution < 1.29 is 23.9 Å². The molecule has 0 saturated carbocycles. The van der Waals surface area contributed by atoms with Crippen molar-refractivity contribution in [3.05, 3.63) is 57.4 Å². The van der Waals surface area contributed by atoms with Crippen molar-refractivity contribution in [2.75, 3.05) is 27.4 Å². The van der Waals surface area contributed by atoms with Crippen LogP contribution in [0.3, 0.4) is 0 Å². The molecule has 0 aliphatic rings. The molecule has 0 spiro atoms. The fourth-order valence-electron chi connectivity index (χ4n) is 2.62. The van der Waals surface area contributed by atoms with Crippen LogP contribution in [0.1, 0.15) is 0 Å². The minimum Gasteiger partial charge on any atom is -0.497 e. The van der Waals surface area contributed by atoms with E-state index in [-0.39, 0.29) is 12.3 Å². The van der Waals surface area contributed by atoms with E-state index in [4.69, 9.17) is 14.2 Å². The lowest BCUT2D eigenvalue weighted by atomic mass is 10.3. The molecule has 3 rings (SSSR count).